The van der Waals surface area contributed by atoms with Gasteiger partial charge in [-0.25, -0.2) is 0 Å². The van der Waals surface area contributed by atoms with E-state index in [0.717, 1.165) is 25.0 Å². The number of benzene rings is 1. The number of carboxylic acid groups (broad SMARTS) is 1. The van der Waals surface area contributed by atoms with Crippen LogP contribution in [0.2, 0.25) is 0 Å². The molecule has 23 heavy (non-hydrogen) atoms. The second kappa shape index (κ2) is 6.89. The van der Waals surface area contributed by atoms with Crippen molar-refractivity contribution in [3.05, 3.63) is 23.8 Å². The minimum absolute atomic E-state index is 0.0464. The molecule has 1 amide bonds. The Morgan fingerprint density at radius 2 is 1.83 bits per heavy atom. The fourth-order valence-electron chi connectivity index (χ4n) is 2.47. The Labute approximate surface area is 131 Å². The van der Waals surface area contributed by atoms with Crippen LogP contribution in [0, 0.1) is 0 Å². The Morgan fingerprint density at radius 3 is 2.39 bits per heavy atom. The lowest BCUT2D eigenvalue weighted by molar-refractivity contribution is -0.305. The van der Waals surface area contributed by atoms with E-state index >= 15 is 0 Å². The van der Waals surface area contributed by atoms with Gasteiger partial charge in [-0.3, -0.25) is 4.79 Å². The molecule has 1 aliphatic heterocycles. The van der Waals surface area contributed by atoms with Gasteiger partial charge in [-0.1, -0.05) is 0 Å². The number of anilines is 2. The fourth-order valence-corrected chi connectivity index (χ4v) is 2.47. The minimum atomic E-state index is -4.52. The third-order valence-corrected chi connectivity index (χ3v) is 3.60. The van der Waals surface area contributed by atoms with Gasteiger partial charge in [0.2, 0.25) is 5.91 Å². The van der Waals surface area contributed by atoms with E-state index in [4.69, 9.17) is 0 Å². The summed E-state index contributed by atoms with van der Waals surface area (Å²) in [6.07, 6.45) is -3.49. The van der Waals surface area contributed by atoms with Crippen molar-refractivity contribution in [2.24, 2.45) is 0 Å². The first-order valence-electron chi connectivity index (χ1n) is 7.23. The Hall–Kier alpha value is -2.25. The summed E-state index contributed by atoms with van der Waals surface area (Å²) in [6, 6.07) is 3.19. The summed E-state index contributed by atoms with van der Waals surface area (Å²) >= 11 is 0. The molecule has 1 heterocycles. The predicted molar refractivity (Wildman–Crippen MR) is 75.8 cm³/mol. The molecule has 8 heteroatoms. The molecule has 0 aromatic heterocycles. The van der Waals surface area contributed by atoms with Gasteiger partial charge in [-0.05, 0) is 37.5 Å². The van der Waals surface area contributed by atoms with Gasteiger partial charge >= 0.3 is 6.18 Å². The number of hydrogen-bond donors (Lipinski definition) is 1. The second-order valence-electron chi connectivity index (χ2n) is 5.34. The van der Waals surface area contributed by atoms with Crippen molar-refractivity contribution < 1.29 is 27.9 Å². The number of aliphatic carboxylic acids is 1. The van der Waals surface area contributed by atoms with E-state index in [0.29, 0.717) is 18.8 Å². The number of nitrogens with one attached hydrogen (secondary N) is 1. The van der Waals surface area contributed by atoms with E-state index in [1.807, 2.05) is 4.90 Å². The molecule has 1 N–H and O–H groups in total. The highest BCUT2D eigenvalue weighted by molar-refractivity contribution is 5.95. The van der Waals surface area contributed by atoms with E-state index in [1.54, 1.807) is 0 Å². The molecule has 2 rings (SSSR count). The lowest BCUT2D eigenvalue weighted by atomic mass is 10.1. The predicted octanol–water partition coefficient (Wildman–Crippen LogP) is 1.77. The first kappa shape index (κ1) is 17.1. The lowest BCUT2D eigenvalue weighted by Gasteiger charge is -2.23. The Balaban J connectivity index is 2.24. The van der Waals surface area contributed by atoms with Crippen LogP contribution >= 0.6 is 0 Å². The van der Waals surface area contributed by atoms with Crippen molar-refractivity contribution in [3.8, 4) is 0 Å². The first-order chi connectivity index (χ1) is 10.8. The van der Waals surface area contributed by atoms with Gasteiger partial charge in [0.1, 0.15) is 0 Å². The van der Waals surface area contributed by atoms with Crippen LogP contribution < -0.4 is 15.3 Å². The molecule has 0 aliphatic carbocycles. The van der Waals surface area contributed by atoms with Crippen LogP contribution in [0.15, 0.2) is 18.2 Å². The number of amides is 1. The van der Waals surface area contributed by atoms with Crippen LogP contribution in [0.5, 0.6) is 0 Å². The zero-order valence-electron chi connectivity index (χ0n) is 12.3. The highest BCUT2D eigenvalue weighted by Crippen LogP contribution is 2.36. The van der Waals surface area contributed by atoms with E-state index in [9.17, 15) is 27.9 Å². The van der Waals surface area contributed by atoms with E-state index < -0.39 is 30.0 Å². The maximum Gasteiger partial charge on any atom is 0.416 e. The number of hydrogen-bond acceptors (Lipinski definition) is 4. The number of carbonyl (C=O) groups is 2. The third kappa shape index (κ3) is 4.61. The average molecular weight is 329 g/mol. The molecular formula is C15H16F3N2O3-. The van der Waals surface area contributed by atoms with Crippen molar-refractivity contribution in [3.63, 3.8) is 0 Å². The maximum absolute atomic E-state index is 12.9. The van der Waals surface area contributed by atoms with Gasteiger partial charge in [0.15, 0.2) is 0 Å². The van der Waals surface area contributed by atoms with Crippen LogP contribution in [-0.2, 0) is 15.8 Å². The van der Waals surface area contributed by atoms with Crippen molar-refractivity contribution >= 4 is 23.3 Å². The summed E-state index contributed by atoms with van der Waals surface area (Å²) in [7, 11) is 0. The molecule has 0 bridgehead atoms. The van der Waals surface area contributed by atoms with Crippen molar-refractivity contribution in [2.75, 3.05) is 23.3 Å². The number of nitrogens with zero attached hydrogens (tertiary/aromatic N) is 1. The van der Waals surface area contributed by atoms with Gasteiger partial charge in [0.05, 0.1) is 16.9 Å². The van der Waals surface area contributed by atoms with E-state index in [1.165, 1.54) is 6.07 Å². The van der Waals surface area contributed by atoms with E-state index in [2.05, 4.69) is 5.32 Å². The minimum Gasteiger partial charge on any atom is -0.550 e. The molecule has 0 unspecified atom stereocenters. The van der Waals surface area contributed by atoms with Gasteiger partial charge < -0.3 is 20.1 Å². The Morgan fingerprint density at radius 1 is 1.17 bits per heavy atom. The lowest BCUT2D eigenvalue weighted by Crippen LogP contribution is -2.25. The molecule has 5 nitrogen and oxygen atoms in total. The van der Waals surface area contributed by atoms with Crippen molar-refractivity contribution in [1.82, 2.24) is 0 Å². The van der Waals surface area contributed by atoms with Crippen LogP contribution in [0.3, 0.4) is 0 Å². The summed E-state index contributed by atoms with van der Waals surface area (Å²) in [4.78, 5) is 24.0. The average Bonchev–Trinajstić information content (AvgIpc) is 2.98. The number of halogens is 3. The summed E-state index contributed by atoms with van der Waals surface area (Å²) in [6.45, 7) is 1.40. The summed E-state index contributed by atoms with van der Waals surface area (Å²) in [5, 5.41) is 12.8. The van der Waals surface area contributed by atoms with Crippen LogP contribution in [-0.4, -0.2) is 25.0 Å². The molecule has 0 saturated carbocycles. The topological polar surface area (TPSA) is 72.5 Å². The molecule has 0 spiro atoms. The zero-order chi connectivity index (χ0) is 17.0. The largest absolute Gasteiger partial charge is 0.550 e. The second-order valence-corrected chi connectivity index (χ2v) is 5.34. The molecule has 0 atom stereocenters. The number of rotatable bonds is 5. The SMILES string of the molecule is O=C([O-])CCC(=O)Nc1cc(C(F)(F)F)ccc1N1CCCC1. The number of carbonyl (C=O) groups excluding carboxylic acids is 2. The number of alkyl halides is 3. The van der Waals surface area contributed by atoms with Gasteiger partial charge in [0.25, 0.3) is 0 Å². The van der Waals surface area contributed by atoms with Gasteiger partial charge in [0, 0.05) is 25.5 Å². The quantitative estimate of drug-likeness (QED) is 0.894. The monoisotopic (exact) mass is 329 g/mol. The Kier molecular flexibility index (Phi) is 5.12. The van der Waals surface area contributed by atoms with Crippen LogP contribution in [0.1, 0.15) is 31.2 Å². The highest BCUT2D eigenvalue weighted by atomic mass is 19.4. The van der Waals surface area contributed by atoms with E-state index in [-0.39, 0.29) is 12.1 Å². The molecule has 0 radical (unpaired) electrons. The van der Waals surface area contributed by atoms with Gasteiger partial charge in [-0.2, -0.15) is 13.2 Å². The smallest absolute Gasteiger partial charge is 0.416 e. The molecular weight excluding hydrogens is 313 g/mol. The molecule has 1 aromatic carbocycles. The molecule has 1 aromatic rings. The maximum atomic E-state index is 12.9. The van der Waals surface area contributed by atoms with Crippen LogP contribution in [0.25, 0.3) is 0 Å². The standard InChI is InChI=1S/C15H17F3N2O3/c16-15(17,18)10-3-4-12(20-7-1-2-8-20)11(9-10)19-13(21)5-6-14(22)23/h3-4,9H,1-2,5-8H2,(H,19,21)(H,22,23)/p-1. The fraction of sp³-hybridized carbons (Fsp3) is 0.467. The summed E-state index contributed by atoms with van der Waals surface area (Å²) in [5.74, 6) is -2.04. The van der Waals surface area contributed by atoms with Crippen molar-refractivity contribution in [1.29, 1.82) is 0 Å². The highest BCUT2D eigenvalue weighted by Gasteiger charge is 2.32. The molecule has 126 valence electrons. The Bertz CT molecular complexity index is 596. The van der Waals surface area contributed by atoms with Crippen molar-refractivity contribution in [2.45, 2.75) is 31.9 Å². The molecule has 1 saturated heterocycles. The normalized spacial score (nSPS) is 14.8. The first-order valence-corrected chi connectivity index (χ1v) is 7.23. The molecule has 1 fully saturated rings. The zero-order valence-corrected chi connectivity index (χ0v) is 12.3. The number of carboxylic acids is 1. The molecule has 1 aliphatic rings. The summed E-state index contributed by atoms with van der Waals surface area (Å²) in [5.41, 5.74) is -0.307. The third-order valence-electron chi connectivity index (χ3n) is 3.60. The van der Waals surface area contributed by atoms with Gasteiger partial charge in [-0.15, -0.1) is 0 Å². The summed E-state index contributed by atoms with van der Waals surface area (Å²) < 4.78 is 38.6. The van der Waals surface area contributed by atoms with Crippen LogP contribution in [0.4, 0.5) is 24.5 Å².